The van der Waals surface area contributed by atoms with Crippen LogP contribution in [0.1, 0.15) is 51.2 Å². The zero-order valence-electron chi connectivity index (χ0n) is 18.2. The summed E-state index contributed by atoms with van der Waals surface area (Å²) in [4.78, 5) is 2.32. The maximum absolute atomic E-state index is 10.2. The predicted octanol–water partition coefficient (Wildman–Crippen LogP) is 4.12. The first kappa shape index (κ1) is 21.6. The number of nitrogens with two attached hydrogens (primary N) is 1. The first-order chi connectivity index (χ1) is 14.2. The zero-order valence-corrected chi connectivity index (χ0v) is 18.2. The van der Waals surface area contributed by atoms with Crippen LogP contribution in [-0.4, -0.2) is 24.5 Å². The molecule has 0 aromatic heterocycles. The number of nitriles is 3. The van der Waals surface area contributed by atoms with Crippen molar-refractivity contribution in [1.29, 1.82) is 15.8 Å². The van der Waals surface area contributed by atoms with Gasteiger partial charge in [0.1, 0.15) is 6.07 Å². The summed E-state index contributed by atoms with van der Waals surface area (Å²) in [6.45, 7) is 11.0. The van der Waals surface area contributed by atoms with Crippen molar-refractivity contribution >= 4 is 0 Å². The fraction of sp³-hybridized carbons (Fsp3) is 0.480. The predicted molar refractivity (Wildman–Crippen MR) is 117 cm³/mol. The van der Waals surface area contributed by atoms with Gasteiger partial charge in [0.25, 0.3) is 0 Å². The molecule has 5 nitrogen and oxygen atoms in total. The van der Waals surface area contributed by atoms with E-state index in [1.54, 1.807) is 0 Å². The first-order valence-corrected chi connectivity index (χ1v) is 10.5. The molecule has 0 amide bonds. The molecule has 0 fully saturated rings. The lowest BCUT2D eigenvalue weighted by Gasteiger charge is -2.45. The third kappa shape index (κ3) is 3.39. The molecule has 2 N–H and O–H groups in total. The molecule has 30 heavy (non-hydrogen) atoms. The van der Waals surface area contributed by atoms with E-state index in [1.807, 2.05) is 12.1 Å². The number of rotatable bonds is 3. The van der Waals surface area contributed by atoms with Crippen LogP contribution in [0.25, 0.3) is 0 Å². The van der Waals surface area contributed by atoms with E-state index in [-0.39, 0.29) is 17.0 Å². The number of hydrogen-bond acceptors (Lipinski definition) is 5. The molecule has 0 bridgehead atoms. The van der Waals surface area contributed by atoms with E-state index in [2.05, 4.69) is 69.0 Å². The van der Waals surface area contributed by atoms with Gasteiger partial charge >= 0.3 is 0 Å². The van der Waals surface area contributed by atoms with Gasteiger partial charge in [0.15, 0.2) is 5.41 Å². The molecule has 1 aliphatic carbocycles. The maximum atomic E-state index is 10.2. The summed E-state index contributed by atoms with van der Waals surface area (Å²) >= 11 is 0. The van der Waals surface area contributed by atoms with E-state index in [1.165, 1.54) is 5.56 Å². The van der Waals surface area contributed by atoms with Crippen LogP contribution in [0.3, 0.4) is 0 Å². The summed E-state index contributed by atoms with van der Waals surface area (Å²) in [6.07, 6.45) is 3.08. The highest BCUT2D eigenvalue weighted by Crippen LogP contribution is 2.54. The van der Waals surface area contributed by atoms with Crippen LogP contribution >= 0.6 is 0 Å². The lowest BCUT2D eigenvalue weighted by atomic mass is 9.58. The summed E-state index contributed by atoms with van der Waals surface area (Å²) in [5.74, 6) is -0.559. The molecular formula is C25H29N5. The zero-order chi connectivity index (χ0) is 22.1. The van der Waals surface area contributed by atoms with Crippen LogP contribution < -0.4 is 5.73 Å². The number of fused-ring (bicyclic) bond motifs is 1. The summed E-state index contributed by atoms with van der Waals surface area (Å²) in [5, 5.41) is 30.2. The van der Waals surface area contributed by atoms with Gasteiger partial charge in [-0.2, -0.15) is 15.8 Å². The SMILES string of the molecule is CCCN1CC=C2C(C#N)=C(N)C(C#N)(C#N)C(c3ccc(C(C)(C)C)cc3)C2C1. The molecule has 5 heteroatoms. The van der Waals surface area contributed by atoms with Crippen molar-refractivity contribution in [3.05, 3.63) is 58.3 Å². The van der Waals surface area contributed by atoms with E-state index in [0.29, 0.717) is 12.1 Å². The minimum atomic E-state index is -1.56. The largest absolute Gasteiger partial charge is 0.399 e. The topological polar surface area (TPSA) is 101 Å². The molecule has 1 aromatic carbocycles. The van der Waals surface area contributed by atoms with Crippen LogP contribution in [0.2, 0.25) is 0 Å². The van der Waals surface area contributed by atoms with Gasteiger partial charge in [-0.1, -0.05) is 58.0 Å². The van der Waals surface area contributed by atoms with E-state index in [9.17, 15) is 15.8 Å². The molecule has 1 aliphatic heterocycles. The minimum Gasteiger partial charge on any atom is -0.399 e. The molecule has 3 rings (SSSR count). The van der Waals surface area contributed by atoms with Gasteiger partial charge in [0.05, 0.1) is 23.4 Å². The third-order valence-corrected chi connectivity index (χ3v) is 6.42. The lowest BCUT2D eigenvalue weighted by Crippen LogP contribution is -2.48. The lowest BCUT2D eigenvalue weighted by molar-refractivity contribution is 0.207. The first-order valence-electron chi connectivity index (χ1n) is 10.5. The van der Waals surface area contributed by atoms with E-state index < -0.39 is 11.3 Å². The molecule has 2 atom stereocenters. The van der Waals surface area contributed by atoms with Crippen LogP contribution in [0.15, 0.2) is 47.2 Å². The molecule has 1 heterocycles. The molecule has 1 aromatic rings. The minimum absolute atomic E-state index is 0.00732. The summed E-state index contributed by atoms with van der Waals surface area (Å²) < 4.78 is 0. The Balaban J connectivity index is 2.22. The van der Waals surface area contributed by atoms with Gasteiger partial charge in [0.2, 0.25) is 0 Å². The Morgan fingerprint density at radius 3 is 2.27 bits per heavy atom. The van der Waals surface area contributed by atoms with Crippen LogP contribution in [0.4, 0.5) is 0 Å². The molecule has 2 aliphatic rings. The Kier molecular flexibility index (Phi) is 5.76. The second-order valence-corrected chi connectivity index (χ2v) is 9.31. The third-order valence-electron chi connectivity index (χ3n) is 6.42. The van der Waals surface area contributed by atoms with E-state index >= 15 is 0 Å². The number of nitrogens with zero attached hydrogens (tertiary/aromatic N) is 4. The van der Waals surface area contributed by atoms with E-state index in [4.69, 9.17) is 5.73 Å². The monoisotopic (exact) mass is 399 g/mol. The highest BCUT2D eigenvalue weighted by atomic mass is 15.1. The van der Waals surface area contributed by atoms with Gasteiger partial charge in [-0.15, -0.1) is 0 Å². The van der Waals surface area contributed by atoms with Crippen molar-refractivity contribution in [2.75, 3.05) is 19.6 Å². The smallest absolute Gasteiger partial charge is 0.191 e. The summed E-state index contributed by atoms with van der Waals surface area (Å²) in [6, 6.07) is 14.8. The summed E-state index contributed by atoms with van der Waals surface area (Å²) in [5.41, 5.74) is 8.20. The Hall–Kier alpha value is -3.07. The molecule has 154 valence electrons. The fourth-order valence-electron chi connectivity index (χ4n) is 4.81. The Bertz CT molecular complexity index is 988. The van der Waals surface area contributed by atoms with Gasteiger partial charge in [-0.25, -0.2) is 0 Å². The van der Waals surface area contributed by atoms with Gasteiger partial charge in [-0.3, -0.25) is 4.90 Å². The van der Waals surface area contributed by atoms with Crippen molar-refractivity contribution in [2.24, 2.45) is 17.1 Å². The van der Waals surface area contributed by atoms with Crippen LogP contribution in [0.5, 0.6) is 0 Å². The number of allylic oxidation sites excluding steroid dienone is 2. The standard InChI is InChI=1S/C25H29N5/c1-5-11-30-12-10-19-20(13-26)23(29)25(15-27,16-28)22(21(19)14-30)17-6-8-18(9-7-17)24(2,3)4/h6-10,21-22H,5,11-12,14,29H2,1-4H3. The highest BCUT2D eigenvalue weighted by Gasteiger charge is 2.54. The van der Waals surface area contributed by atoms with Gasteiger partial charge in [-0.05, 0) is 35.1 Å². The molecular weight excluding hydrogens is 370 g/mol. The van der Waals surface area contributed by atoms with E-state index in [0.717, 1.165) is 30.6 Å². The maximum Gasteiger partial charge on any atom is 0.191 e. The Labute approximate surface area is 179 Å². The molecule has 0 saturated heterocycles. The Morgan fingerprint density at radius 2 is 1.77 bits per heavy atom. The van der Waals surface area contributed by atoms with Crippen molar-refractivity contribution < 1.29 is 0 Å². The highest BCUT2D eigenvalue weighted by molar-refractivity contribution is 5.59. The Morgan fingerprint density at radius 1 is 1.13 bits per heavy atom. The van der Waals surface area contributed by atoms with Crippen LogP contribution in [-0.2, 0) is 5.41 Å². The number of hydrogen-bond donors (Lipinski definition) is 1. The van der Waals surface area contributed by atoms with Crippen molar-refractivity contribution in [3.63, 3.8) is 0 Å². The molecule has 2 unspecified atom stereocenters. The average molecular weight is 400 g/mol. The van der Waals surface area contributed by atoms with Crippen molar-refractivity contribution in [3.8, 4) is 18.2 Å². The van der Waals surface area contributed by atoms with Crippen LogP contribution in [0, 0.1) is 45.3 Å². The van der Waals surface area contributed by atoms with Gasteiger partial charge in [0, 0.05) is 24.9 Å². The normalized spacial score (nSPS) is 23.6. The quantitative estimate of drug-likeness (QED) is 0.824. The summed E-state index contributed by atoms with van der Waals surface area (Å²) in [7, 11) is 0. The number of benzene rings is 1. The fourth-order valence-corrected chi connectivity index (χ4v) is 4.81. The van der Waals surface area contributed by atoms with Crippen molar-refractivity contribution in [1.82, 2.24) is 4.90 Å². The van der Waals surface area contributed by atoms with Crippen molar-refractivity contribution in [2.45, 2.75) is 45.4 Å². The second-order valence-electron chi connectivity index (χ2n) is 9.31. The van der Waals surface area contributed by atoms with Gasteiger partial charge < -0.3 is 5.73 Å². The second kappa shape index (κ2) is 7.98. The molecule has 0 saturated carbocycles. The average Bonchev–Trinajstić information content (AvgIpc) is 2.73. The molecule has 0 spiro atoms. The molecule has 0 radical (unpaired) electrons.